The first-order valence-corrected chi connectivity index (χ1v) is 5.78. The van der Waals surface area contributed by atoms with E-state index < -0.39 is 0 Å². The van der Waals surface area contributed by atoms with Crippen molar-refractivity contribution in [3.63, 3.8) is 0 Å². The summed E-state index contributed by atoms with van der Waals surface area (Å²) in [4.78, 5) is 0. The largest absolute Gasteiger partial charge is 0.455 e. The normalized spacial score (nSPS) is 8.76. The summed E-state index contributed by atoms with van der Waals surface area (Å²) in [5, 5.41) is 35.8. The molecule has 0 amide bonds. The minimum absolute atomic E-state index is 0.197. The molecule has 5 heteroatoms. The maximum atomic E-state index is 9.08. The van der Waals surface area contributed by atoms with E-state index in [0.717, 1.165) is 0 Å². The molecule has 0 aliphatic rings. The first-order chi connectivity index (χ1) is 10.2. The fourth-order valence-electron chi connectivity index (χ4n) is 1.67. The van der Waals surface area contributed by atoms with Crippen molar-refractivity contribution in [2.24, 2.45) is 0 Å². The van der Waals surface area contributed by atoms with Crippen molar-refractivity contribution in [1.29, 1.82) is 21.0 Å². The Morgan fingerprint density at radius 2 is 1.05 bits per heavy atom. The highest BCUT2D eigenvalue weighted by Crippen LogP contribution is 2.28. The van der Waals surface area contributed by atoms with E-state index in [0.29, 0.717) is 11.1 Å². The van der Waals surface area contributed by atoms with Gasteiger partial charge in [-0.3, -0.25) is 0 Å². The van der Waals surface area contributed by atoms with Crippen LogP contribution in [0.3, 0.4) is 0 Å². The van der Waals surface area contributed by atoms with Crippen LogP contribution in [0, 0.1) is 45.3 Å². The number of ether oxygens (including phenoxy) is 1. The Hall–Kier alpha value is -3.80. The van der Waals surface area contributed by atoms with E-state index in [1.807, 2.05) is 24.3 Å². The first-order valence-electron chi connectivity index (χ1n) is 5.78. The molecule has 2 aromatic rings. The number of nitriles is 4. The van der Waals surface area contributed by atoms with E-state index in [1.165, 1.54) is 36.4 Å². The fraction of sp³-hybridized carbons (Fsp3) is 0. The minimum atomic E-state index is 0.197. The van der Waals surface area contributed by atoms with E-state index in [-0.39, 0.29) is 22.6 Å². The highest BCUT2D eigenvalue weighted by molar-refractivity contribution is 5.54. The Labute approximate surface area is 121 Å². The molecule has 21 heavy (non-hydrogen) atoms. The molecule has 2 aromatic carbocycles. The predicted molar refractivity (Wildman–Crippen MR) is 71.8 cm³/mol. The zero-order valence-electron chi connectivity index (χ0n) is 10.7. The van der Waals surface area contributed by atoms with E-state index in [9.17, 15) is 0 Å². The number of hydrogen-bond acceptors (Lipinski definition) is 5. The second-order valence-corrected chi connectivity index (χ2v) is 3.97. The molecule has 0 aromatic heterocycles. The summed E-state index contributed by atoms with van der Waals surface area (Å²) in [6, 6.07) is 16.6. The average molecular weight is 270 g/mol. The first kappa shape index (κ1) is 13.6. The van der Waals surface area contributed by atoms with Gasteiger partial charge in [0.25, 0.3) is 0 Å². The van der Waals surface area contributed by atoms with Gasteiger partial charge in [0.05, 0.1) is 34.4 Å². The maximum absolute atomic E-state index is 9.08. The predicted octanol–water partition coefficient (Wildman–Crippen LogP) is 2.97. The molecule has 0 aliphatic carbocycles. The summed E-state index contributed by atoms with van der Waals surface area (Å²) in [6.07, 6.45) is 0. The third kappa shape index (κ3) is 2.79. The van der Waals surface area contributed by atoms with Crippen molar-refractivity contribution in [3.8, 4) is 35.8 Å². The lowest BCUT2D eigenvalue weighted by Gasteiger charge is -2.09. The lowest BCUT2D eigenvalue weighted by Crippen LogP contribution is -1.92. The summed E-state index contributed by atoms with van der Waals surface area (Å²) >= 11 is 0. The van der Waals surface area contributed by atoms with E-state index in [2.05, 4.69) is 0 Å². The van der Waals surface area contributed by atoms with Gasteiger partial charge in [-0.25, -0.2) is 0 Å². The number of rotatable bonds is 2. The lowest BCUT2D eigenvalue weighted by atomic mass is 10.1. The third-order valence-corrected chi connectivity index (χ3v) is 2.68. The van der Waals surface area contributed by atoms with Crippen LogP contribution in [0.25, 0.3) is 0 Å². The summed E-state index contributed by atoms with van der Waals surface area (Å²) in [6.45, 7) is 0. The van der Waals surface area contributed by atoms with E-state index in [1.54, 1.807) is 0 Å². The third-order valence-electron chi connectivity index (χ3n) is 2.68. The van der Waals surface area contributed by atoms with Gasteiger partial charge in [0.1, 0.15) is 23.6 Å². The van der Waals surface area contributed by atoms with Crippen molar-refractivity contribution >= 4 is 0 Å². The topological polar surface area (TPSA) is 104 Å². The van der Waals surface area contributed by atoms with Crippen LogP contribution < -0.4 is 4.74 Å². The lowest BCUT2D eigenvalue weighted by molar-refractivity contribution is 0.479. The second-order valence-electron chi connectivity index (χ2n) is 3.97. The molecular formula is C16H6N4O. The van der Waals surface area contributed by atoms with Crippen LogP contribution in [0.1, 0.15) is 22.3 Å². The molecule has 0 atom stereocenters. The van der Waals surface area contributed by atoms with Gasteiger partial charge in [-0.1, -0.05) is 0 Å². The SMILES string of the molecule is N#Cc1ccc(Oc2ccc(C#N)cc2C#N)c(C#N)c1. The molecule has 2 rings (SSSR count). The van der Waals surface area contributed by atoms with Gasteiger partial charge >= 0.3 is 0 Å². The Bertz CT molecular complexity index is 800. The van der Waals surface area contributed by atoms with Gasteiger partial charge in [0.15, 0.2) is 0 Å². The highest BCUT2D eigenvalue weighted by Gasteiger charge is 2.10. The van der Waals surface area contributed by atoms with Crippen LogP contribution >= 0.6 is 0 Å². The molecule has 0 N–H and O–H groups in total. The quantitative estimate of drug-likeness (QED) is 0.834. The van der Waals surface area contributed by atoms with Crippen LogP contribution in [0.5, 0.6) is 11.5 Å². The van der Waals surface area contributed by atoms with Gasteiger partial charge < -0.3 is 4.74 Å². The number of benzene rings is 2. The fourth-order valence-corrected chi connectivity index (χ4v) is 1.67. The molecule has 0 saturated heterocycles. The Kier molecular flexibility index (Phi) is 3.82. The summed E-state index contributed by atoms with van der Waals surface area (Å²) < 4.78 is 5.56. The van der Waals surface area contributed by atoms with Gasteiger partial charge in [-0.05, 0) is 36.4 Å². The van der Waals surface area contributed by atoms with Gasteiger partial charge in [-0.15, -0.1) is 0 Å². The van der Waals surface area contributed by atoms with Gasteiger partial charge in [0, 0.05) is 0 Å². The molecule has 0 fully saturated rings. The molecule has 0 radical (unpaired) electrons. The molecular weight excluding hydrogens is 264 g/mol. The summed E-state index contributed by atoms with van der Waals surface area (Å²) in [5.74, 6) is 0.496. The molecule has 0 unspecified atom stereocenters. The molecule has 0 saturated carbocycles. The Balaban J connectivity index is 2.45. The van der Waals surface area contributed by atoms with Crippen molar-refractivity contribution in [1.82, 2.24) is 0 Å². The van der Waals surface area contributed by atoms with Gasteiger partial charge in [0.2, 0.25) is 0 Å². The smallest absolute Gasteiger partial charge is 0.145 e. The Morgan fingerprint density at radius 3 is 1.38 bits per heavy atom. The number of nitrogens with zero attached hydrogens (tertiary/aromatic N) is 4. The summed E-state index contributed by atoms with van der Waals surface area (Å²) in [7, 11) is 0. The zero-order valence-corrected chi connectivity index (χ0v) is 10.7. The molecule has 0 bridgehead atoms. The second kappa shape index (κ2) is 5.89. The van der Waals surface area contributed by atoms with Crippen molar-refractivity contribution in [3.05, 3.63) is 58.7 Å². The standard InChI is InChI=1S/C16H6N4O/c17-7-11-1-3-15(13(5-11)9-19)21-16-4-2-12(8-18)6-14(16)10-20/h1-6H. The number of hydrogen-bond donors (Lipinski definition) is 0. The van der Waals surface area contributed by atoms with E-state index >= 15 is 0 Å². The molecule has 0 aliphatic heterocycles. The zero-order chi connectivity index (χ0) is 15.2. The van der Waals surface area contributed by atoms with Crippen molar-refractivity contribution in [2.75, 3.05) is 0 Å². The van der Waals surface area contributed by atoms with E-state index in [4.69, 9.17) is 25.8 Å². The molecule has 0 heterocycles. The summed E-state index contributed by atoms with van der Waals surface area (Å²) in [5.41, 5.74) is 1.09. The molecule has 96 valence electrons. The van der Waals surface area contributed by atoms with Crippen LogP contribution in [0.4, 0.5) is 0 Å². The van der Waals surface area contributed by atoms with Crippen LogP contribution in [-0.4, -0.2) is 0 Å². The van der Waals surface area contributed by atoms with Crippen molar-refractivity contribution in [2.45, 2.75) is 0 Å². The monoisotopic (exact) mass is 270 g/mol. The van der Waals surface area contributed by atoms with Crippen LogP contribution in [0.15, 0.2) is 36.4 Å². The highest BCUT2D eigenvalue weighted by atomic mass is 16.5. The molecule has 0 spiro atoms. The maximum Gasteiger partial charge on any atom is 0.145 e. The van der Waals surface area contributed by atoms with Crippen molar-refractivity contribution < 1.29 is 4.74 Å². The van der Waals surface area contributed by atoms with Gasteiger partial charge in [-0.2, -0.15) is 21.0 Å². The Morgan fingerprint density at radius 1 is 0.619 bits per heavy atom. The van der Waals surface area contributed by atoms with Crippen LogP contribution in [0.2, 0.25) is 0 Å². The average Bonchev–Trinajstić information content (AvgIpc) is 2.55. The van der Waals surface area contributed by atoms with Crippen LogP contribution in [-0.2, 0) is 0 Å². The minimum Gasteiger partial charge on any atom is -0.455 e. The molecule has 5 nitrogen and oxygen atoms in total.